The summed E-state index contributed by atoms with van der Waals surface area (Å²) in [6.45, 7) is 1.69. The molecule has 2 aromatic rings. The van der Waals surface area contributed by atoms with E-state index < -0.39 is 0 Å². The zero-order valence-corrected chi connectivity index (χ0v) is 11.5. The van der Waals surface area contributed by atoms with E-state index in [2.05, 4.69) is 9.97 Å². The fourth-order valence-electron chi connectivity index (χ4n) is 2.43. The lowest BCUT2D eigenvalue weighted by atomic mass is 10.1. The maximum Gasteiger partial charge on any atom is 0.264 e. The molecule has 0 unspecified atom stereocenters. The van der Waals surface area contributed by atoms with Gasteiger partial charge in [0.25, 0.3) is 5.56 Å². The highest BCUT2D eigenvalue weighted by Gasteiger charge is 2.19. The Kier molecular flexibility index (Phi) is 3.36. The van der Waals surface area contributed by atoms with Gasteiger partial charge in [-0.25, -0.2) is 0 Å². The predicted molar refractivity (Wildman–Crippen MR) is 78.4 cm³/mol. The first kappa shape index (κ1) is 13.0. The summed E-state index contributed by atoms with van der Waals surface area (Å²) in [5.74, 6) is 0.161. The average molecular weight is 292 g/mol. The second kappa shape index (κ2) is 5.17. The van der Waals surface area contributed by atoms with Crippen molar-refractivity contribution >= 4 is 17.5 Å². The normalized spacial score (nSPS) is 14.8. The highest BCUT2D eigenvalue weighted by Crippen LogP contribution is 2.27. The Morgan fingerprint density at radius 2 is 2.05 bits per heavy atom. The summed E-state index contributed by atoms with van der Waals surface area (Å²) in [5, 5.41) is 10.6. The monoisotopic (exact) mass is 291 g/mol. The molecule has 6 heteroatoms. The first-order valence-electron chi connectivity index (χ1n) is 6.49. The number of nitrogens with one attached hydrogen (secondary N) is 1. The number of H-pyrrole nitrogens is 1. The van der Waals surface area contributed by atoms with Gasteiger partial charge >= 0.3 is 0 Å². The van der Waals surface area contributed by atoms with Crippen molar-refractivity contribution in [3.8, 4) is 17.0 Å². The van der Waals surface area contributed by atoms with Crippen LogP contribution >= 0.6 is 11.6 Å². The summed E-state index contributed by atoms with van der Waals surface area (Å²) < 4.78 is 0. The lowest BCUT2D eigenvalue weighted by Crippen LogP contribution is -2.24. The number of hydrogen-bond donors (Lipinski definition) is 2. The first-order chi connectivity index (χ1) is 9.65. The van der Waals surface area contributed by atoms with Crippen LogP contribution in [0.2, 0.25) is 5.02 Å². The maximum atomic E-state index is 12.2. The number of anilines is 1. The summed E-state index contributed by atoms with van der Waals surface area (Å²) in [5.41, 5.74) is 0.342. The number of aromatic amines is 1. The Balaban J connectivity index is 2.07. The zero-order valence-electron chi connectivity index (χ0n) is 10.8. The summed E-state index contributed by atoms with van der Waals surface area (Å²) in [4.78, 5) is 21.0. The Bertz CT molecular complexity index is 693. The molecule has 1 aromatic heterocycles. The molecule has 0 aliphatic carbocycles. The molecule has 20 heavy (non-hydrogen) atoms. The molecule has 1 aliphatic heterocycles. The predicted octanol–water partition coefficient (Wildman–Crippen LogP) is 2.40. The van der Waals surface area contributed by atoms with Crippen molar-refractivity contribution < 1.29 is 5.11 Å². The molecular weight excluding hydrogens is 278 g/mol. The molecule has 0 atom stereocenters. The number of hydrogen-bond acceptors (Lipinski definition) is 4. The molecule has 5 nitrogen and oxygen atoms in total. The minimum atomic E-state index is -0.360. The lowest BCUT2D eigenvalue weighted by molar-refractivity contribution is 0.453. The number of benzene rings is 1. The van der Waals surface area contributed by atoms with Crippen LogP contribution in [0.3, 0.4) is 0 Å². The van der Waals surface area contributed by atoms with E-state index in [-0.39, 0.29) is 17.0 Å². The largest absolute Gasteiger partial charge is 0.493 e. The average Bonchev–Trinajstić information content (AvgIpc) is 2.91. The lowest BCUT2D eigenvalue weighted by Gasteiger charge is -2.16. The number of aromatic nitrogens is 2. The van der Waals surface area contributed by atoms with Gasteiger partial charge in [-0.15, -0.1) is 0 Å². The van der Waals surface area contributed by atoms with Crippen LogP contribution in [0.5, 0.6) is 5.88 Å². The third kappa shape index (κ3) is 2.36. The third-order valence-electron chi connectivity index (χ3n) is 3.41. The molecule has 0 amide bonds. The van der Waals surface area contributed by atoms with Crippen molar-refractivity contribution in [2.75, 3.05) is 18.0 Å². The molecule has 104 valence electrons. The first-order valence-corrected chi connectivity index (χ1v) is 6.87. The van der Waals surface area contributed by atoms with Crippen LogP contribution in [0.15, 0.2) is 29.1 Å². The molecule has 3 rings (SSSR count). The third-order valence-corrected chi connectivity index (χ3v) is 3.64. The minimum absolute atomic E-state index is 0.149. The quantitative estimate of drug-likeness (QED) is 0.891. The van der Waals surface area contributed by atoms with Gasteiger partial charge in [-0.3, -0.25) is 9.78 Å². The van der Waals surface area contributed by atoms with E-state index in [0.29, 0.717) is 16.5 Å². The highest BCUT2D eigenvalue weighted by atomic mass is 35.5. The van der Waals surface area contributed by atoms with Crippen LogP contribution < -0.4 is 10.5 Å². The molecule has 0 saturated carbocycles. The topological polar surface area (TPSA) is 69.2 Å². The number of halogens is 1. The summed E-state index contributed by atoms with van der Waals surface area (Å²) >= 11 is 5.91. The highest BCUT2D eigenvalue weighted by molar-refractivity contribution is 6.30. The maximum absolute atomic E-state index is 12.2. The van der Waals surface area contributed by atoms with Gasteiger partial charge in [-0.1, -0.05) is 23.7 Å². The van der Waals surface area contributed by atoms with E-state index >= 15 is 0 Å². The van der Waals surface area contributed by atoms with Gasteiger partial charge in [0.2, 0.25) is 11.8 Å². The smallest absolute Gasteiger partial charge is 0.264 e. The van der Waals surface area contributed by atoms with E-state index in [1.165, 1.54) is 0 Å². The number of rotatable bonds is 2. The summed E-state index contributed by atoms with van der Waals surface area (Å²) in [6, 6.07) is 6.78. The fraction of sp³-hybridized carbons (Fsp3) is 0.286. The van der Waals surface area contributed by atoms with Crippen LogP contribution in [0, 0.1) is 0 Å². The fourth-order valence-corrected chi connectivity index (χ4v) is 2.62. The van der Waals surface area contributed by atoms with Crippen molar-refractivity contribution in [3.05, 3.63) is 39.6 Å². The minimum Gasteiger partial charge on any atom is -0.493 e. The van der Waals surface area contributed by atoms with Crippen molar-refractivity contribution in [1.82, 2.24) is 9.97 Å². The van der Waals surface area contributed by atoms with Crippen molar-refractivity contribution in [2.45, 2.75) is 12.8 Å². The number of nitrogens with zero attached hydrogens (tertiary/aromatic N) is 2. The number of aromatic hydroxyl groups is 1. The van der Waals surface area contributed by atoms with Gasteiger partial charge in [0.1, 0.15) is 5.56 Å². The molecule has 2 heterocycles. The molecule has 0 radical (unpaired) electrons. The standard InChI is InChI=1S/C14H14ClN3O2/c15-10-5-3-4-9(8-10)11-12(19)16-14(17-13(11)20)18-6-1-2-7-18/h3-5,8H,1-2,6-7H2,(H2,16,17,19,20). The molecule has 1 aliphatic rings. The van der Waals surface area contributed by atoms with Crippen LogP contribution in [0.25, 0.3) is 11.1 Å². The molecule has 0 spiro atoms. The van der Waals surface area contributed by atoms with Crippen LogP contribution in [0.4, 0.5) is 5.95 Å². The van der Waals surface area contributed by atoms with E-state index in [0.717, 1.165) is 25.9 Å². The van der Waals surface area contributed by atoms with E-state index in [1.807, 2.05) is 4.90 Å². The van der Waals surface area contributed by atoms with Crippen LogP contribution in [-0.2, 0) is 0 Å². The van der Waals surface area contributed by atoms with Gasteiger partial charge in [0.15, 0.2) is 0 Å². The second-order valence-corrected chi connectivity index (χ2v) is 5.23. The Labute approximate surface area is 120 Å². The van der Waals surface area contributed by atoms with E-state index in [1.54, 1.807) is 24.3 Å². The Morgan fingerprint density at radius 1 is 1.30 bits per heavy atom. The van der Waals surface area contributed by atoms with Crippen LogP contribution in [0.1, 0.15) is 12.8 Å². The second-order valence-electron chi connectivity index (χ2n) is 4.79. The van der Waals surface area contributed by atoms with Crippen molar-refractivity contribution in [2.24, 2.45) is 0 Å². The molecule has 1 saturated heterocycles. The molecule has 1 fully saturated rings. The van der Waals surface area contributed by atoms with E-state index in [4.69, 9.17) is 11.6 Å². The molecule has 1 aromatic carbocycles. The summed E-state index contributed by atoms with van der Waals surface area (Å²) in [7, 11) is 0. The molecule has 0 bridgehead atoms. The van der Waals surface area contributed by atoms with Crippen molar-refractivity contribution in [1.29, 1.82) is 0 Å². The van der Waals surface area contributed by atoms with Gasteiger partial charge in [0.05, 0.1) is 0 Å². The van der Waals surface area contributed by atoms with Gasteiger partial charge in [-0.05, 0) is 30.5 Å². The Hall–Kier alpha value is -2.01. The summed E-state index contributed by atoms with van der Waals surface area (Å²) in [6.07, 6.45) is 2.14. The van der Waals surface area contributed by atoms with E-state index in [9.17, 15) is 9.90 Å². The van der Waals surface area contributed by atoms with Gasteiger partial charge in [0, 0.05) is 18.1 Å². The van der Waals surface area contributed by atoms with Gasteiger partial charge < -0.3 is 10.0 Å². The molecule has 2 N–H and O–H groups in total. The Morgan fingerprint density at radius 3 is 2.70 bits per heavy atom. The van der Waals surface area contributed by atoms with Crippen molar-refractivity contribution in [3.63, 3.8) is 0 Å². The SMILES string of the molecule is O=c1[nH]c(N2CCCC2)nc(O)c1-c1cccc(Cl)c1. The molecular formula is C14H14ClN3O2. The van der Waals surface area contributed by atoms with Gasteiger partial charge in [-0.2, -0.15) is 4.98 Å². The zero-order chi connectivity index (χ0) is 14.1. The van der Waals surface area contributed by atoms with Crippen LogP contribution in [-0.4, -0.2) is 28.2 Å².